The van der Waals surface area contributed by atoms with E-state index in [0.29, 0.717) is 24.0 Å². The molecular weight excluding hydrogens is 434 g/mol. The molecule has 0 saturated carbocycles. The summed E-state index contributed by atoms with van der Waals surface area (Å²) in [6, 6.07) is 15.5. The Morgan fingerprint density at radius 1 is 1.09 bits per heavy atom. The third-order valence-electron chi connectivity index (χ3n) is 5.66. The summed E-state index contributed by atoms with van der Waals surface area (Å²) in [6.45, 7) is 8.77. The normalized spacial score (nSPS) is 14.6. The summed E-state index contributed by atoms with van der Waals surface area (Å²) >= 11 is 1.53. The van der Waals surface area contributed by atoms with E-state index in [2.05, 4.69) is 42.1 Å². The van der Waals surface area contributed by atoms with Gasteiger partial charge in [0.05, 0.1) is 5.75 Å². The predicted molar refractivity (Wildman–Crippen MR) is 132 cm³/mol. The van der Waals surface area contributed by atoms with Crippen molar-refractivity contribution >= 4 is 23.5 Å². The van der Waals surface area contributed by atoms with E-state index in [1.165, 1.54) is 11.8 Å². The van der Waals surface area contributed by atoms with Gasteiger partial charge < -0.3 is 19.5 Å². The van der Waals surface area contributed by atoms with Gasteiger partial charge in [0.15, 0.2) is 10.9 Å². The van der Waals surface area contributed by atoms with Crippen molar-refractivity contribution in [3.05, 3.63) is 71.3 Å². The van der Waals surface area contributed by atoms with E-state index < -0.39 is 0 Å². The minimum absolute atomic E-state index is 0.217. The molecule has 33 heavy (non-hydrogen) atoms. The Labute approximate surface area is 199 Å². The molecule has 1 aliphatic heterocycles. The number of hydrogen-bond donors (Lipinski definition) is 1. The number of furan rings is 1. The number of nitrogens with zero attached hydrogens (tertiary/aromatic N) is 4. The van der Waals surface area contributed by atoms with E-state index in [9.17, 15) is 4.79 Å². The van der Waals surface area contributed by atoms with Crippen molar-refractivity contribution in [3.8, 4) is 0 Å². The molecule has 4 rings (SSSR count). The molecule has 174 valence electrons. The second-order valence-electron chi connectivity index (χ2n) is 8.60. The zero-order chi connectivity index (χ0) is 23.2. The first-order valence-corrected chi connectivity index (χ1v) is 12.3. The molecule has 1 N–H and O–H groups in total. The average Bonchev–Trinajstić information content (AvgIpc) is 3.31. The highest BCUT2D eigenvalue weighted by Crippen LogP contribution is 2.26. The molecule has 3 aromatic rings. The first kappa shape index (κ1) is 23.3. The number of carbonyl (C=O) groups is 1. The Morgan fingerprint density at radius 2 is 1.85 bits per heavy atom. The number of piperazine rings is 1. The number of hydrogen-bond acceptors (Lipinski definition) is 7. The summed E-state index contributed by atoms with van der Waals surface area (Å²) in [5.41, 5.74) is 2.09. The third kappa shape index (κ3) is 6.36. The molecule has 3 heterocycles. The smallest absolute Gasteiger partial charge is 0.287 e. The monoisotopic (exact) mass is 465 g/mol. The highest BCUT2D eigenvalue weighted by molar-refractivity contribution is 7.98. The molecule has 0 atom stereocenters. The van der Waals surface area contributed by atoms with E-state index in [4.69, 9.17) is 14.4 Å². The Kier molecular flexibility index (Phi) is 7.67. The van der Waals surface area contributed by atoms with Crippen LogP contribution in [-0.2, 0) is 12.3 Å². The van der Waals surface area contributed by atoms with Crippen molar-refractivity contribution in [2.75, 3.05) is 38.1 Å². The Bertz CT molecular complexity index is 1060. The molecule has 0 radical (unpaired) electrons. The number of carbonyl (C=O) groups excluding carboxylic acids is 1. The number of amides is 1. The largest absolute Gasteiger partial charge is 0.455 e. The van der Waals surface area contributed by atoms with E-state index >= 15 is 0 Å². The Hall–Kier alpha value is -2.84. The molecule has 2 aromatic heterocycles. The molecule has 1 fully saturated rings. The second kappa shape index (κ2) is 10.9. The number of rotatable bonds is 8. The Balaban J connectivity index is 1.38. The molecular formula is C25H31N5O2S. The van der Waals surface area contributed by atoms with Gasteiger partial charge in [-0.25, -0.2) is 9.97 Å². The van der Waals surface area contributed by atoms with Crippen LogP contribution in [0.3, 0.4) is 0 Å². The third-order valence-corrected chi connectivity index (χ3v) is 6.53. The van der Waals surface area contributed by atoms with Crippen LogP contribution in [0.4, 0.5) is 5.82 Å². The molecule has 1 aromatic carbocycles. The van der Waals surface area contributed by atoms with Crippen LogP contribution < -0.4 is 10.2 Å². The van der Waals surface area contributed by atoms with E-state index in [-0.39, 0.29) is 5.91 Å². The topological polar surface area (TPSA) is 74.5 Å². The Morgan fingerprint density at radius 3 is 2.58 bits per heavy atom. The summed E-state index contributed by atoms with van der Waals surface area (Å²) in [5, 5.41) is 3.63. The van der Waals surface area contributed by atoms with Crippen LogP contribution in [0.1, 0.15) is 47.3 Å². The highest BCUT2D eigenvalue weighted by atomic mass is 32.2. The van der Waals surface area contributed by atoms with Gasteiger partial charge in [-0.2, -0.15) is 0 Å². The van der Waals surface area contributed by atoms with Gasteiger partial charge in [-0.15, -0.1) is 0 Å². The van der Waals surface area contributed by atoms with Crippen molar-refractivity contribution in [2.24, 2.45) is 0 Å². The van der Waals surface area contributed by atoms with Gasteiger partial charge in [0.25, 0.3) is 5.91 Å². The molecule has 1 saturated heterocycles. The number of anilines is 1. The SMILES string of the molecule is CC(C)c1cc(N2CCN(C)CC2)nc(SCc2ccc(C(=O)NCc3ccccc3)o2)n1. The predicted octanol–water partition coefficient (Wildman–Crippen LogP) is 4.17. The van der Waals surface area contributed by atoms with Crippen molar-refractivity contribution in [3.63, 3.8) is 0 Å². The molecule has 8 heteroatoms. The summed E-state index contributed by atoms with van der Waals surface area (Å²) in [6.07, 6.45) is 0. The second-order valence-corrected chi connectivity index (χ2v) is 9.54. The van der Waals surface area contributed by atoms with Gasteiger partial charge in [-0.3, -0.25) is 4.79 Å². The molecule has 7 nitrogen and oxygen atoms in total. The molecule has 0 bridgehead atoms. The average molecular weight is 466 g/mol. The zero-order valence-corrected chi connectivity index (χ0v) is 20.3. The van der Waals surface area contributed by atoms with Crippen LogP contribution in [0, 0.1) is 0 Å². The lowest BCUT2D eigenvalue weighted by molar-refractivity contribution is 0.0921. The first-order valence-electron chi connectivity index (χ1n) is 11.3. The standard InChI is InChI=1S/C25H31N5O2S/c1-18(2)21-15-23(30-13-11-29(3)12-14-30)28-25(27-21)33-17-20-9-10-22(32-20)24(31)26-16-19-7-5-4-6-8-19/h4-10,15,18H,11-14,16-17H2,1-3H3,(H,26,31). The minimum Gasteiger partial charge on any atom is -0.455 e. The van der Waals surface area contributed by atoms with Crippen LogP contribution in [0.15, 0.2) is 58.1 Å². The van der Waals surface area contributed by atoms with Gasteiger partial charge in [0.1, 0.15) is 11.6 Å². The summed E-state index contributed by atoms with van der Waals surface area (Å²) in [5.74, 6) is 2.70. The molecule has 0 spiro atoms. The summed E-state index contributed by atoms with van der Waals surface area (Å²) < 4.78 is 5.79. The van der Waals surface area contributed by atoms with Gasteiger partial charge in [-0.1, -0.05) is 55.9 Å². The van der Waals surface area contributed by atoms with E-state index in [1.807, 2.05) is 36.4 Å². The molecule has 1 aliphatic rings. The zero-order valence-electron chi connectivity index (χ0n) is 19.5. The lowest BCUT2D eigenvalue weighted by Gasteiger charge is -2.33. The fraction of sp³-hybridized carbons (Fsp3) is 0.400. The van der Waals surface area contributed by atoms with E-state index in [0.717, 1.165) is 54.2 Å². The molecule has 0 unspecified atom stereocenters. The van der Waals surface area contributed by atoms with Crippen LogP contribution >= 0.6 is 11.8 Å². The van der Waals surface area contributed by atoms with Crippen molar-refractivity contribution < 1.29 is 9.21 Å². The number of likely N-dealkylation sites (N-methyl/N-ethyl adjacent to an activating group) is 1. The van der Waals surface area contributed by atoms with Crippen LogP contribution in [0.5, 0.6) is 0 Å². The lowest BCUT2D eigenvalue weighted by atomic mass is 10.1. The van der Waals surface area contributed by atoms with Crippen molar-refractivity contribution in [1.29, 1.82) is 0 Å². The quantitative estimate of drug-likeness (QED) is 0.395. The number of benzene rings is 1. The number of thioether (sulfide) groups is 1. The minimum atomic E-state index is -0.217. The van der Waals surface area contributed by atoms with Gasteiger partial charge in [0.2, 0.25) is 0 Å². The maximum Gasteiger partial charge on any atom is 0.287 e. The van der Waals surface area contributed by atoms with Crippen LogP contribution in [0.25, 0.3) is 0 Å². The van der Waals surface area contributed by atoms with Crippen LogP contribution in [-0.4, -0.2) is 54.0 Å². The van der Waals surface area contributed by atoms with Gasteiger partial charge in [0, 0.05) is 44.5 Å². The fourth-order valence-electron chi connectivity index (χ4n) is 3.57. The van der Waals surface area contributed by atoms with Crippen molar-refractivity contribution in [2.45, 2.75) is 37.2 Å². The van der Waals surface area contributed by atoms with Gasteiger partial charge in [-0.05, 0) is 30.7 Å². The molecule has 0 aliphatic carbocycles. The number of aromatic nitrogens is 2. The summed E-state index contributed by atoms with van der Waals surface area (Å²) in [4.78, 5) is 26.7. The maximum absolute atomic E-state index is 12.4. The van der Waals surface area contributed by atoms with E-state index in [1.54, 1.807) is 6.07 Å². The fourth-order valence-corrected chi connectivity index (χ4v) is 4.32. The highest BCUT2D eigenvalue weighted by Gasteiger charge is 2.19. The van der Waals surface area contributed by atoms with Crippen LogP contribution in [0.2, 0.25) is 0 Å². The van der Waals surface area contributed by atoms with Gasteiger partial charge >= 0.3 is 0 Å². The number of nitrogens with one attached hydrogen (secondary N) is 1. The lowest BCUT2D eigenvalue weighted by Crippen LogP contribution is -2.44. The van der Waals surface area contributed by atoms with Crippen molar-refractivity contribution in [1.82, 2.24) is 20.2 Å². The maximum atomic E-state index is 12.4. The first-order chi connectivity index (χ1) is 16.0. The summed E-state index contributed by atoms with van der Waals surface area (Å²) in [7, 11) is 2.15. The molecule has 1 amide bonds.